The van der Waals surface area contributed by atoms with Crippen molar-refractivity contribution in [3.8, 4) is 5.88 Å². The van der Waals surface area contributed by atoms with Gasteiger partial charge >= 0.3 is 6.61 Å². The molecule has 2 heterocycles. The van der Waals surface area contributed by atoms with Gasteiger partial charge in [0.25, 0.3) is 5.91 Å². The van der Waals surface area contributed by atoms with E-state index in [1.54, 1.807) is 26.0 Å². The van der Waals surface area contributed by atoms with Gasteiger partial charge in [-0.1, -0.05) is 6.07 Å². The van der Waals surface area contributed by atoms with Crippen molar-refractivity contribution < 1.29 is 28.5 Å². The monoisotopic (exact) mass is 474 g/mol. The highest BCUT2D eigenvalue weighted by Gasteiger charge is 2.26. The van der Waals surface area contributed by atoms with Crippen LogP contribution in [0.2, 0.25) is 0 Å². The molecule has 4 rings (SSSR count). The zero-order valence-corrected chi connectivity index (χ0v) is 19.0. The molecule has 1 aromatic carbocycles. The Morgan fingerprint density at radius 1 is 1.26 bits per heavy atom. The smallest absolute Gasteiger partial charge is 0.388 e. The standard InChI is InChI=1S/C24H28F2N4O4/c1-24(2,33)17-11-19-15(12-30(29-19)16-8-6-14(13-31)7-9-16)10-20(17)28-22(32)18-4-3-5-21(27-18)34-23(25)26/h3-5,10-12,14,16,23,31,33H,6-9,13H2,1-2H3,(H,28,32)/t14-,16-. The van der Waals surface area contributed by atoms with Gasteiger partial charge in [-0.2, -0.15) is 13.9 Å². The molecule has 1 fully saturated rings. The summed E-state index contributed by atoms with van der Waals surface area (Å²) >= 11 is 0. The number of alkyl halides is 2. The average molecular weight is 475 g/mol. The maximum atomic E-state index is 12.8. The summed E-state index contributed by atoms with van der Waals surface area (Å²) in [4.78, 5) is 16.7. The van der Waals surface area contributed by atoms with Crippen molar-refractivity contribution >= 4 is 22.5 Å². The number of rotatable bonds is 7. The summed E-state index contributed by atoms with van der Waals surface area (Å²) in [6, 6.07) is 7.72. The minimum atomic E-state index is -3.05. The molecule has 0 saturated heterocycles. The largest absolute Gasteiger partial charge is 0.417 e. The van der Waals surface area contributed by atoms with Gasteiger partial charge in [0.1, 0.15) is 5.69 Å². The number of pyridine rings is 1. The van der Waals surface area contributed by atoms with Gasteiger partial charge in [0, 0.05) is 35.5 Å². The number of hydrogen-bond donors (Lipinski definition) is 3. The molecule has 1 aliphatic carbocycles. The van der Waals surface area contributed by atoms with E-state index in [-0.39, 0.29) is 24.2 Å². The van der Waals surface area contributed by atoms with Crippen LogP contribution in [0.25, 0.3) is 10.9 Å². The number of halogens is 2. The fraction of sp³-hybridized carbons (Fsp3) is 0.458. The molecule has 3 aromatic rings. The van der Waals surface area contributed by atoms with Crippen LogP contribution in [0.5, 0.6) is 5.88 Å². The van der Waals surface area contributed by atoms with Crippen LogP contribution in [0.15, 0.2) is 36.5 Å². The fourth-order valence-corrected chi connectivity index (χ4v) is 4.36. The van der Waals surface area contributed by atoms with Crippen LogP contribution in [-0.4, -0.2) is 44.1 Å². The van der Waals surface area contributed by atoms with E-state index in [4.69, 9.17) is 5.10 Å². The van der Waals surface area contributed by atoms with E-state index in [9.17, 15) is 23.8 Å². The molecule has 10 heteroatoms. The second-order valence-corrected chi connectivity index (χ2v) is 9.18. The topological polar surface area (TPSA) is 110 Å². The number of carbonyl (C=O) groups is 1. The molecule has 1 amide bonds. The number of carbonyl (C=O) groups excluding carboxylic acids is 1. The number of amides is 1. The second kappa shape index (κ2) is 9.63. The Balaban J connectivity index is 1.63. The number of anilines is 1. The number of hydrogen-bond acceptors (Lipinski definition) is 6. The molecular formula is C24H28F2N4O4. The Bertz CT molecular complexity index is 1170. The molecule has 34 heavy (non-hydrogen) atoms. The number of benzene rings is 1. The summed E-state index contributed by atoms with van der Waals surface area (Å²) in [5.74, 6) is -0.652. The minimum Gasteiger partial charge on any atom is -0.417 e. The maximum Gasteiger partial charge on any atom is 0.388 e. The number of fused-ring (bicyclic) bond motifs is 1. The summed E-state index contributed by atoms with van der Waals surface area (Å²) in [6.07, 6.45) is 5.63. The first-order valence-electron chi connectivity index (χ1n) is 11.2. The van der Waals surface area contributed by atoms with Gasteiger partial charge in [-0.3, -0.25) is 9.48 Å². The Morgan fingerprint density at radius 3 is 2.65 bits per heavy atom. The summed E-state index contributed by atoms with van der Waals surface area (Å²) in [5, 5.41) is 28.4. The highest BCUT2D eigenvalue weighted by molar-refractivity contribution is 6.04. The van der Waals surface area contributed by atoms with Crippen molar-refractivity contribution in [2.45, 2.75) is 57.8 Å². The van der Waals surface area contributed by atoms with Crippen LogP contribution in [-0.2, 0) is 5.60 Å². The van der Waals surface area contributed by atoms with Crippen LogP contribution in [0.4, 0.5) is 14.5 Å². The first-order valence-corrected chi connectivity index (χ1v) is 11.2. The normalized spacial score (nSPS) is 18.9. The molecule has 1 aliphatic rings. The third-order valence-corrected chi connectivity index (χ3v) is 6.18. The van der Waals surface area contributed by atoms with Crippen LogP contribution in [0, 0.1) is 5.92 Å². The van der Waals surface area contributed by atoms with Crippen molar-refractivity contribution in [3.63, 3.8) is 0 Å². The van der Waals surface area contributed by atoms with Crippen LogP contribution in [0.3, 0.4) is 0 Å². The van der Waals surface area contributed by atoms with E-state index >= 15 is 0 Å². The molecular weight excluding hydrogens is 446 g/mol. The first kappa shape index (κ1) is 24.0. The molecule has 0 unspecified atom stereocenters. The molecule has 8 nitrogen and oxygen atoms in total. The molecule has 1 saturated carbocycles. The summed E-state index contributed by atoms with van der Waals surface area (Å²) in [5.41, 5.74) is 0.132. The molecule has 0 spiro atoms. The van der Waals surface area contributed by atoms with E-state index in [0.29, 0.717) is 22.7 Å². The zero-order chi connectivity index (χ0) is 24.5. The SMILES string of the molecule is CC(C)(O)c1cc2nn([C@H]3CC[C@H](CO)CC3)cc2cc1NC(=O)c1cccc(OC(F)F)n1. The number of aromatic nitrogens is 3. The third-order valence-electron chi connectivity index (χ3n) is 6.18. The number of nitrogens with zero attached hydrogens (tertiary/aromatic N) is 3. The Kier molecular flexibility index (Phi) is 6.81. The van der Waals surface area contributed by atoms with Gasteiger partial charge in [0.15, 0.2) is 0 Å². The number of nitrogens with one attached hydrogen (secondary N) is 1. The van der Waals surface area contributed by atoms with Crippen molar-refractivity contribution in [1.82, 2.24) is 14.8 Å². The van der Waals surface area contributed by atoms with Gasteiger partial charge in [-0.25, -0.2) is 4.98 Å². The quantitative estimate of drug-likeness (QED) is 0.473. The third kappa shape index (κ3) is 5.34. The Hall–Kier alpha value is -3.11. The second-order valence-electron chi connectivity index (χ2n) is 9.18. The molecule has 0 aliphatic heterocycles. The van der Waals surface area contributed by atoms with E-state index in [1.165, 1.54) is 18.2 Å². The van der Waals surface area contributed by atoms with Crippen molar-refractivity contribution in [2.24, 2.45) is 5.92 Å². The van der Waals surface area contributed by atoms with Crippen LogP contribution in [0.1, 0.15) is 61.6 Å². The Morgan fingerprint density at radius 2 is 2.00 bits per heavy atom. The lowest BCUT2D eigenvalue weighted by Crippen LogP contribution is -2.21. The van der Waals surface area contributed by atoms with Crippen molar-refractivity contribution in [1.29, 1.82) is 0 Å². The van der Waals surface area contributed by atoms with Crippen LogP contribution < -0.4 is 10.1 Å². The van der Waals surface area contributed by atoms with Gasteiger partial charge in [0.2, 0.25) is 5.88 Å². The van der Waals surface area contributed by atoms with Crippen LogP contribution >= 0.6 is 0 Å². The van der Waals surface area contributed by atoms with Gasteiger partial charge < -0.3 is 20.3 Å². The first-order chi connectivity index (χ1) is 16.1. The average Bonchev–Trinajstić information content (AvgIpc) is 3.21. The summed E-state index contributed by atoms with van der Waals surface area (Å²) in [6.45, 7) is 0.362. The lowest BCUT2D eigenvalue weighted by atomic mass is 9.87. The van der Waals surface area contributed by atoms with E-state index < -0.39 is 18.1 Å². The molecule has 182 valence electrons. The zero-order valence-electron chi connectivity index (χ0n) is 19.0. The minimum absolute atomic E-state index is 0.101. The van der Waals surface area contributed by atoms with Crippen molar-refractivity contribution in [3.05, 3.63) is 47.8 Å². The summed E-state index contributed by atoms with van der Waals surface area (Å²) < 4.78 is 31.2. The summed E-state index contributed by atoms with van der Waals surface area (Å²) in [7, 11) is 0. The molecule has 0 bridgehead atoms. The number of aliphatic hydroxyl groups excluding tert-OH is 1. The number of ether oxygens (including phenoxy) is 1. The fourth-order valence-electron chi connectivity index (χ4n) is 4.36. The van der Waals surface area contributed by atoms with E-state index in [0.717, 1.165) is 31.1 Å². The molecule has 3 N–H and O–H groups in total. The molecule has 0 atom stereocenters. The van der Waals surface area contributed by atoms with E-state index in [1.807, 2.05) is 10.9 Å². The lowest BCUT2D eigenvalue weighted by Gasteiger charge is -2.27. The van der Waals surface area contributed by atoms with E-state index in [2.05, 4.69) is 15.0 Å². The number of aliphatic hydroxyl groups is 2. The van der Waals surface area contributed by atoms with Gasteiger partial charge in [-0.05, 0) is 63.6 Å². The molecule has 0 radical (unpaired) electrons. The molecule has 2 aromatic heterocycles. The van der Waals surface area contributed by atoms with Gasteiger partial charge in [-0.15, -0.1) is 0 Å². The maximum absolute atomic E-state index is 12.8. The Labute approximate surface area is 195 Å². The lowest BCUT2D eigenvalue weighted by molar-refractivity contribution is -0.0529. The highest BCUT2D eigenvalue weighted by Crippen LogP contribution is 2.35. The predicted molar refractivity (Wildman–Crippen MR) is 122 cm³/mol. The highest BCUT2D eigenvalue weighted by atomic mass is 19.3. The van der Waals surface area contributed by atoms with Crippen molar-refractivity contribution in [2.75, 3.05) is 11.9 Å². The predicted octanol–water partition coefficient (Wildman–Crippen LogP) is 4.24. The van der Waals surface area contributed by atoms with Gasteiger partial charge in [0.05, 0.1) is 17.2 Å².